The van der Waals surface area contributed by atoms with Crippen molar-refractivity contribution < 1.29 is 4.74 Å². The van der Waals surface area contributed by atoms with Crippen LogP contribution in [0.3, 0.4) is 0 Å². The molecule has 2 heterocycles. The van der Waals surface area contributed by atoms with Gasteiger partial charge in [0.1, 0.15) is 5.75 Å². The van der Waals surface area contributed by atoms with Gasteiger partial charge in [-0.15, -0.1) is 0 Å². The molecule has 1 aliphatic rings. The summed E-state index contributed by atoms with van der Waals surface area (Å²) in [5.74, 6) is 0.910. The molecule has 0 unspecified atom stereocenters. The SMILES string of the molecule is COc1ccncc1C1=CCNCC1. The van der Waals surface area contributed by atoms with E-state index in [-0.39, 0.29) is 0 Å². The summed E-state index contributed by atoms with van der Waals surface area (Å²) in [6.45, 7) is 1.97. The summed E-state index contributed by atoms with van der Waals surface area (Å²) in [6, 6.07) is 1.90. The molecule has 0 bridgehead atoms. The van der Waals surface area contributed by atoms with Gasteiger partial charge < -0.3 is 10.1 Å². The highest BCUT2D eigenvalue weighted by Crippen LogP contribution is 2.27. The third kappa shape index (κ3) is 1.77. The number of nitrogens with one attached hydrogen (secondary N) is 1. The molecule has 3 nitrogen and oxygen atoms in total. The van der Waals surface area contributed by atoms with Crippen LogP contribution in [0.1, 0.15) is 12.0 Å². The van der Waals surface area contributed by atoms with Gasteiger partial charge in [0.15, 0.2) is 0 Å². The summed E-state index contributed by atoms with van der Waals surface area (Å²) in [7, 11) is 1.69. The van der Waals surface area contributed by atoms with Gasteiger partial charge in [0, 0.05) is 24.5 Å². The topological polar surface area (TPSA) is 34.1 Å². The molecule has 0 saturated heterocycles. The van der Waals surface area contributed by atoms with E-state index in [1.807, 2.05) is 12.3 Å². The number of aromatic nitrogens is 1. The maximum Gasteiger partial charge on any atom is 0.129 e. The smallest absolute Gasteiger partial charge is 0.129 e. The molecule has 1 aromatic heterocycles. The van der Waals surface area contributed by atoms with E-state index in [1.165, 1.54) is 5.57 Å². The number of hydrogen-bond donors (Lipinski definition) is 1. The van der Waals surface area contributed by atoms with Crippen molar-refractivity contribution in [3.63, 3.8) is 0 Å². The van der Waals surface area contributed by atoms with Crippen LogP contribution < -0.4 is 10.1 Å². The van der Waals surface area contributed by atoms with E-state index in [1.54, 1.807) is 13.3 Å². The van der Waals surface area contributed by atoms with Crippen molar-refractivity contribution >= 4 is 5.57 Å². The molecule has 0 atom stereocenters. The lowest BCUT2D eigenvalue weighted by Gasteiger charge is -2.15. The molecule has 1 aliphatic heterocycles. The van der Waals surface area contributed by atoms with Crippen LogP contribution in [0.5, 0.6) is 5.75 Å². The molecule has 0 fully saturated rings. The average Bonchev–Trinajstić information content (AvgIpc) is 2.30. The van der Waals surface area contributed by atoms with Crippen LogP contribution in [0.15, 0.2) is 24.5 Å². The lowest BCUT2D eigenvalue weighted by Crippen LogP contribution is -2.20. The molecule has 1 aromatic rings. The highest BCUT2D eigenvalue weighted by molar-refractivity contribution is 5.70. The standard InChI is InChI=1S/C11H14N2O/c1-14-11-4-7-13-8-10(11)9-2-5-12-6-3-9/h2,4,7-8,12H,3,5-6H2,1H3. The molecule has 0 saturated carbocycles. The Labute approximate surface area is 83.8 Å². The molecule has 14 heavy (non-hydrogen) atoms. The Morgan fingerprint density at radius 2 is 2.43 bits per heavy atom. The number of hydrogen-bond acceptors (Lipinski definition) is 3. The minimum Gasteiger partial charge on any atom is -0.496 e. The Balaban J connectivity index is 2.34. The van der Waals surface area contributed by atoms with Gasteiger partial charge in [0.05, 0.1) is 7.11 Å². The van der Waals surface area contributed by atoms with Crippen molar-refractivity contribution in [2.24, 2.45) is 0 Å². The van der Waals surface area contributed by atoms with E-state index in [0.29, 0.717) is 0 Å². The summed E-state index contributed by atoms with van der Waals surface area (Å²) < 4.78 is 5.30. The van der Waals surface area contributed by atoms with E-state index < -0.39 is 0 Å². The Kier molecular flexibility index (Phi) is 2.79. The second-order valence-electron chi connectivity index (χ2n) is 3.26. The Morgan fingerprint density at radius 1 is 1.50 bits per heavy atom. The lowest BCUT2D eigenvalue weighted by atomic mass is 10.0. The number of nitrogens with zero attached hydrogens (tertiary/aromatic N) is 1. The summed E-state index contributed by atoms with van der Waals surface area (Å²) in [5, 5.41) is 3.28. The van der Waals surface area contributed by atoms with Gasteiger partial charge in [-0.25, -0.2) is 0 Å². The first-order valence-electron chi connectivity index (χ1n) is 4.80. The van der Waals surface area contributed by atoms with E-state index in [4.69, 9.17) is 4.74 Å². The van der Waals surface area contributed by atoms with Crippen LogP contribution >= 0.6 is 0 Å². The van der Waals surface area contributed by atoms with Gasteiger partial charge >= 0.3 is 0 Å². The molecule has 2 rings (SSSR count). The fourth-order valence-corrected chi connectivity index (χ4v) is 1.67. The molecule has 1 N–H and O–H groups in total. The first-order valence-corrected chi connectivity index (χ1v) is 4.80. The van der Waals surface area contributed by atoms with Crippen LogP contribution in [-0.4, -0.2) is 25.2 Å². The largest absolute Gasteiger partial charge is 0.496 e. The van der Waals surface area contributed by atoms with Crippen molar-refractivity contribution in [3.05, 3.63) is 30.1 Å². The minimum absolute atomic E-state index is 0.910. The summed E-state index contributed by atoms with van der Waals surface area (Å²) >= 11 is 0. The molecule has 3 heteroatoms. The molecule has 0 aromatic carbocycles. The Bertz CT molecular complexity index is 347. The van der Waals surface area contributed by atoms with Crippen molar-refractivity contribution in [3.8, 4) is 5.75 Å². The van der Waals surface area contributed by atoms with Gasteiger partial charge in [0.2, 0.25) is 0 Å². The molecule has 0 aliphatic carbocycles. The minimum atomic E-state index is 0.910. The zero-order valence-electron chi connectivity index (χ0n) is 8.29. The Hall–Kier alpha value is -1.35. The van der Waals surface area contributed by atoms with E-state index >= 15 is 0 Å². The van der Waals surface area contributed by atoms with Crippen molar-refractivity contribution in [2.45, 2.75) is 6.42 Å². The van der Waals surface area contributed by atoms with Crippen LogP contribution in [0.25, 0.3) is 5.57 Å². The van der Waals surface area contributed by atoms with E-state index in [0.717, 1.165) is 30.8 Å². The first kappa shape index (κ1) is 9.21. The van der Waals surface area contributed by atoms with Gasteiger partial charge in [-0.2, -0.15) is 0 Å². The highest BCUT2D eigenvalue weighted by atomic mass is 16.5. The van der Waals surface area contributed by atoms with Gasteiger partial charge in [-0.3, -0.25) is 4.98 Å². The van der Waals surface area contributed by atoms with Crippen molar-refractivity contribution in [1.29, 1.82) is 0 Å². The van der Waals surface area contributed by atoms with Crippen LogP contribution in [0.4, 0.5) is 0 Å². The average molecular weight is 190 g/mol. The zero-order chi connectivity index (χ0) is 9.80. The number of ether oxygens (including phenoxy) is 1. The van der Waals surface area contributed by atoms with E-state index in [9.17, 15) is 0 Å². The summed E-state index contributed by atoms with van der Waals surface area (Å²) in [4.78, 5) is 4.13. The van der Waals surface area contributed by atoms with Crippen LogP contribution in [0, 0.1) is 0 Å². The molecule has 0 radical (unpaired) electrons. The fraction of sp³-hybridized carbons (Fsp3) is 0.364. The predicted octanol–water partition coefficient (Wildman–Crippen LogP) is 1.47. The lowest BCUT2D eigenvalue weighted by molar-refractivity contribution is 0.412. The zero-order valence-corrected chi connectivity index (χ0v) is 8.29. The maximum absolute atomic E-state index is 5.30. The highest BCUT2D eigenvalue weighted by Gasteiger charge is 2.10. The third-order valence-corrected chi connectivity index (χ3v) is 2.41. The van der Waals surface area contributed by atoms with Gasteiger partial charge in [-0.1, -0.05) is 6.08 Å². The van der Waals surface area contributed by atoms with Gasteiger partial charge in [-0.05, 0) is 24.6 Å². The molecular formula is C11H14N2O. The monoisotopic (exact) mass is 190 g/mol. The quantitative estimate of drug-likeness (QED) is 0.766. The third-order valence-electron chi connectivity index (χ3n) is 2.41. The van der Waals surface area contributed by atoms with Crippen LogP contribution in [-0.2, 0) is 0 Å². The number of rotatable bonds is 2. The van der Waals surface area contributed by atoms with Crippen LogP contribution in [0.2, 0.25) is 0 Å². The van der Waals surface area contributed by atoms with Gasteiger partial charge in [0.25, 0.3) is 0 Å². The second kappa shape index (κ2) is 4.24. The van der Waals surface area contributed by atoms with Crippen molar-refractivity contribution in [2.75, 3.05) is 20.2 Å². The second-order valence-corrected chi connectivity index (χ2v) is 3.26. The molecular weight excluding hydrogens is 176 g/mol. The van der Waals surface area contributed by atoms with Crippen molar-refractivity contribution in [1.82, 2.24) is 10.3 Å². The summed E-state index contributed by atoms with van der Waals surface area (Å²) in [5.41, 5.74) is 2.45. The Morgan fingerprint density at radius 3 is 3.14 bits per heavy atom. The summed E-state index contributed by atoms with van der Waals surface area (Å²) in [6.07, 6.45) is 6.87. The molecule has 74 valence electrons. The predicted molar refractivity (Wildman–Crippen MR) is 56.3 cm³/mol. The molecule has 0 spiro atoms. The fourth-order valence-electron chi connectivity index (χ4n) is 1.67. The maximum atomic E-state index is 5.30. The number of pyridine rings is 1. The number of methoxy groups -OCH3 is 1. The van der Waals surface area contributed by atoms with E-state index in [2.05, 4.69) is 16.4 Å². The molecule has 0 amide bonds. The normalized spacial score (nSPS) is 16.2. The first-order chi connectivity index (χ1) is 6.92.